The summed E-state index contributed by atoms with van der Waals surface area (Å²) in [6.45, 7) is 3.03. The summed E-state index contributed by atoms with van der Waals surface area (Å²) in [4.78, 5) is 44.6. The molecule has 2 aliphatic heterocycles. The van der Waals surface area contributed by atoms with Crippen LogP contribution >= 0.6 is 0 Å². The second-order valence-corrected chi connectivity index (χ2v) is 8.81. The zero-order valence-corrected chi connectivity index (χ0v) is 18.8. The number of β-amino-alcohol motifs (C(OH)–C–C–N with tert-alkyl or cyclic N) is 1. The van der Waals surface area contributed by atoms with E-state index < -0.39 is 22.8 Å². The molecule has 1 atom stereocenters. The summed E-state index contributed by atoms with van der Waals surface area (Å²) in [6, 6.07) is 9.15. The highest BCUT2D eigenvalue weighted by Crippen LogP contribution is 2.37. The van der Waals surface area contributed by atoms with Gasteiger partial charge in [-0.15, -0.1) is 0 Å². The normalized spacial score (nSPS) is 16.9. The van der Waals surface area contributed by atoms with Crippen LogP contribution in [0.15, 0.2) is 36.5 Å². The molecule has 1 N–H and O–H groups in total. The van der Waals surface area contributed by atoms with Crippen molar-refractivity contribution in [3.05, 3.63) is 63.6 Å². The number of nitro groups is 1. The van der Waals surface area contributed by atoms with Crippen LogP contribution in [-0.4, -0.2) is 62.0 Å². The lowest BCUT2D eigenvalue weighted by atomic mass is 9.92. The quantitative estimate of drug-likeness (QED) is 0.339. The first-order valence-electron chi connectivity index (χ1n) is 11.4. The van der Waals surface area contributed by atoms with E-state index in [4.69, 9.17) is 0 Å². The van der Waals surface area contributed by atoms with E-state index in [0.29, 0.717) is 22.3 Å². The molecule has 1 saturated heterocycles. The molecule has 1 fully saturated rings. The van der Waals surface area contributed by atoms with Gasteiger partial charge in [-0.2, -0.15) is 0 Å². The number of hydrogen-bond acceptors (Lipinski definition) is 7. The molecule has 0 radical (unpaired) electrons. The molecule has 176 valence electrons. The Bertz CT molecular complexity index is 1290. The topological polar surface area (TPSA) is 122 Å². The molecule has 5 rings (SSSR count). The number of aliphatic hydroxyl groups is 1. The maximum Gasteiger partial charge on any atom is 0.342 e. The van der Waals surface area contributed by atoms with Gasteiger partial charge in [-0.3, -0.25) is 14.5 Å². The molecule has 3 aromatic rings. The molecule has 10 nitrogen and oxygen atoms in total. The molecular weight excluding hydrogens is 438 g/mol. The number of nitrogens with zero attached hydrogens (tertiary/aromatic N) is 5. The molecule has 34 heavy (non-hydrogen) atoms. The van der Waals surface area contributed by atoms with Crippen molar-refractivity contribution in [2.24, 2.45) is 0 Å². The predicted octanol–water partition coefficient (Wildman–Crippen LogP) is 2.90. The van der Waals surface area contributed by atoms with Crippen LogP contribution in [0.2, 0.25) is 0 Å². The third-order valence-electron chi connectivity index (χ3n) is 6.67. The second kappa shape index (κ2) is 8.53. The number of rotatable bonds is 6. The Balaban J connectivity index is 1.45. The fourth-order valence-electron chi connectivity index (χ4n) is 5.01. The van der Waals surface area contributed by atoms with E-state index in [9.17, 15) is 24.8 Å². The van der Waals surface area contributed by atoms with Crippen LogP contribution in [0.3, 0.4) is 0 Å². The minimum atomic E-state index is -1.20. The van der Waals surface area contributed by atoms with E-state index in [1.165, 1.54) is 11.0 Å². The Hall–Kier alpha value is -3.79. The Kier molecular flexibility index (Phi) is 5.52. The minimum Gasteiger partial charge on any atom is -0.387 e. The molecule has 2 amide bonds. The smallest absolute Gasteiger partial charge is 0.342 e. The number of aromatic nitrogens is 2. The SMILES string of the molecule is Cc1ncc([N+](=O)[O-])n1CC(O)CN1C(=O)c2cccc3c(N4CCCCC4)ccc(c23)C1=O. The number of imidazole rings is 1. The summed E-state index contributed by atoms with van der Waals surface area (Å²) < 4.78 is 1.27. The van der Waals surface area contributed by atoms with Crippen LogP contribution in [0.1, 0.15) is 45.8 Å². The number of aliphatic hydroxyl groups excluding tert-OH is 1. The van der Waals surface area contributed by atoms with Crippen molar-refractivity contribution in [3.8, 4) is 0 Å². The van der Waals surface area contributed by atoms with Gasteiger partial charge < -0.3 is 20.1 Å². The van der Waals surface area contributed by atoms with Crippen LogP contribution in [0.25, 0.3) is 10.8 Å². The van der Waals surface area contributed by atoms with E-state index in [1.54, 1.807) is 19.1 Å². The lowest BCUT2D eigenvalue weighted by Gasteiger charge is -2.33. The maximum atomic E-state index is 13.3. The van der Waals surface area contributed by atoms with Gasteiger partial charge in [0.15, 0.2) is 5.82 Å². The minimum absolute atomic E-state index is 0.163. The van der Waals surface area contributed by atoms with Crippen LogP contribution in [0.4, 0.5) is 11.5 Å². The van der Waals surface area contributed by atoms with E-state index in [0.717, 1.165) is 48.1 Å². The van der Waals surface area contributed by atoms with E-state index >= 15 is 0 Å². The number of benzene rings is 2. The first-order chi connectivity index (χ1) is 16.4. The van der Waals surface area contributed by atoms with Crippen molar-refractivity contribution in [1.29, 1.82) is 0 Å². The van der Waals surface area contributed by atoms with Gasteiger partial charge in [-0.05, 0) is 42.4 Å². The van der Waals surface area contributed by atoms with Crippen molar-refractivity contribution in [1.82, 2.24) is 14.5 Å². The molecular formula is C24H25N5O5. The molecule has 3 heterocycles. The number of amides is 2. The van der Waals surface area contributed by atoms with E-state index in [1.807, 2.05) is 18.2 Å². The molecule has 10 heteroatoms. The Morgan fingerprint density at radius 1 is 1.06 bits per heavy atom. The number of carbonyl (C=O) groups is 2. The Labute approximate surface area is 195 Å². The van der Waals surface area contributed by atoms with Gasteiger partial charge in [0, 0.05) is 47.6 Å². The van der Waals surface area contributed by atoms with E-state index in [-0.39, 0.29) is 18.9 Å². The molecule has 0 saturated carbocycles. The number of piperidine rings is 1. The monoisotopic (exact) mass is 463 g/mol. The average Bonchev–Trinajstić information content (AvgIpc) is 3.20. The van der Waals surface area contributed by atoms with Gasteiger partial charge in [-0.1, -0.05) is 12.1 Å². The third-order valence-corrected chi connectivity index (χ3v) is 6.67. The summed E-state index contributed by atoms with van der Waals surface area (Å²) in [5, 5.41) is 23.4. The molecule has 0 spiro atoms. The zero-order valence-electron chi connectivity index (χ0n) is 18.8. The van der Waals surface area contributed by atoms with Crippen molar-refractivity contribution < 1.29 is 19.6 Å². The van der Waals surface area contributed by atoms with Crippen LogP contribution < -0.4 is 4.90 Å². The van der Waals surface area contributed by atoms with Crippen LogP contribution in [-0.2, 0) is 6.54 Å². The highest BCUT2D eigenvalue weighted by atomic mass is 16.6. The fourth-order valence-corrected chi connectivity index (χ4v) is 5.01. The van der Waals surface area contributed by atoms with Crippen LogP contribution in [0.5, 0.6) is 0 Å². The third kappa shape index (κ3) is 3.60. The Morgan fingerprint density at radius 3 is 2.47 bits per heavy atom. The largest absolute Gasteiger partial charge is 0.387 e. The number of hydrogen-bond donors (Lipinski definition) is 1. The summed E-state index contributed by atoms with van der Waals surface area (Å²) in [6.07, 6.45) is 3.35. The molecule has 1 aromatic heterocycles. The number of aryl methyl sites for hydroxylation is 1. The second-order valence-electron chi connectivity index (χ2n) is 8.81. The van der Waals surface area contributed by atoms with Crippen molar-refractivity contribution in [2.75, 3.05) is 24.5 Å². The molecule has 0 bridgehead atoms. The molecule has 2 aliphatic rings. The lowest BCUT2D eigenvalue weighted by Crippen LogP contribution is -2.45. The lowest BCUT2D eigenvalue weighted by molar-refractivity contribution is -0.392. The number of imide groups is 1. The molecule has 0 aliphatic carbocycles. The molecule has 1 unspecified atom stereocenters. The first kappa shape index (κ1) is 22.0. The number of carbonyl (C=O) groups excluding carboxylic acids is 2. The van der Waals surface area contributed by atoms with Crippen molar-refractivity contribution >= 4 is 34.1 Å². The van der Waals surface area contributed by atoms with Gasteiger partial charge in [0.25, 0.3) is 11.8 Å². The fraction of sp³-hybridized carbons (Fsp3) is 0.375. The summed E-state index contributed by atoms with van der Waals surface area (Å²) in [5.41, 5.74) is 1.86. The Morgan fingerprint density at radius 2 is 1.76 bits per heavy atom. The first-order valence-corrected chi connectivity index (χ1v) is 11.4. The van der Waals surface area contributed by atoms with Gasteiger partial charge in [0.1, 0.15) is 18.8 Å². The van der Waals surface area contributed by atoms with Crippen LogP contribution in [0, 0.1) is 17.0 Å². The molecule has 2 aromatic carbocycles. The maximum absolute atomic E-state index is 13.3. The van der Waals surface area contributed by atoms with Gasteiger partial charge in [-0.25, -0.2) is 9.55 Å². The summed E-state index contributed by atoms with van der Waals surface area (Å²) in [7, 11) is 0. The van der Waals surface area contributed by atoms with E-state index in [2.05, 4.69) is 9.88 Å². The highest BCUT2D eigenvalue weighted by Gasteiger charge is 2.35. The van der Waals surface area contributed by atoms with Gasteiger partial charge in [0.2, 0.25) is 0 Å². The van der Waals surface area contributed by atoms with Gasteiger partial charge >= 0.3 is 5.82 Å². The zero-order chi connectivity index (χ0) is 24.0. The van der Waals surface area contributed by atoms with Crippen molar-refractivity contribution in [2.45, 2.75) is 38.8 Å². The van der Waals surface area contributed by atoms with Crippen molar-refractivity contribution in [3.63, 3.8) is 0 Å². The van der Waals surface area contributed by atoms with Gasteiger partial charge in [0.05, 0.1) is 6.54 Å². The summed E-state index contributed by atoms with van der Waals surface area (Å²) in [5.74, 6) is -0.847. The number of anilines is 1. The summed E-state index contributed by atoms with van der Waals surface area (Å²) >= 11 is 0. The highest BCUT2D eigenvalue weighted by molar-refractivity contribution is 6.26. The predicted molar refractivity (Wildman–Crippen MR) is 125 cm³/mol. The standard InChI is InChI=1S/C24H25N5O5/c1-15-25-12-21(29(33)34)27(15)13-16(30)14-28-23(31)18-7-5-6-17-20(26-10-3-2-4-11-26)9-8-19(22(17)18)24(28)32/h5-9,12,16,30H,2-4,10-11,13-14H2,1H3. The average molecular weight is 463 g/mol.